The maximum absolute atomic E-state index is 12.7. The highest BCUT2D eigenvalue weighted by Gasteiger charge is 2.22. The van der Waals surface area contributed by atoms with Crippen LogP contribution in [0.1, 0.15) is 48.0 Å². The quantitative estimate of drug-likeness (QED) is 0.568. The first-order valence-electron chi connectivity index (χ1n) is 10.7. The number of aromatic nitrogens is 2. The summed E-state index contributed by atoms with van der Waals surface area (Å²) in [6.07, 6.45) is 2.19. The first-order chi connectivity index (χ1) is 15.5. The molecule has 7 nitrogen and oxygen atoms in total. The second-order valence-corrected chi connectivity index (χ2v) is 10.7. The predicted molar refractivity (Wildman–Crippen MR) is 130 cm³/mol. The number of rotatable bonds is 7. The number of aryl methyl sites for hydroxylation is 1. The van der Waals surface area contributed by atoms with Gasteiger partial charge in [-0.3, -0.25) is 4.79 Å². The zero-order chi connectivity index (χ0) is 24.2. The molecule has 1 N–H and O–H groups in total. The molecular formula is C25H30N4O3S. The van der Waals surface area contributed by atoms with Crippen LogP contribution in [0.4, 0.5) is 5.95 Å². The molecule has 1 aromatic heterocycles. The summed E-state index contributed by atoms with van der Waals surface area (Å²) >= 11 is 0. The topological polar surface area (TPSA) is 92.3 Å². The van der Waals surface area contributed by atoms with Gasteiger partial charge < -0.3 is 4.90 Å². The Morgan fingerprint density at radius 2 is 1.67 bits per heavy atom. The van der Waals surface area contributed by atoms with Gasteiger partial charge in [-0.1, -0.05) is 63.2 Å². The first-order valence-corrected chi connectivity index (χ1v) is 12.2. The van der Waals surface area contributed by atoms with E-state index < -0.39 is 15.9 Å². The van der Waals surface area contributed by atoms with Gasteiger partial charge in [-0.2, -0.15) is 0 Å². The van der Waals surface area contributed by atoms with Crippen molar-refractivity contribution in [2.24, 2.45) is 0 Å². The lowest BCUT2D eigenvalue weighted by molar-refractivity contribution is 0.0980. The molecule has 0 atom stereocenters. The molecule has 0 unspecified atom stereocenters. The van der Waals surface area contributed by atoms with Crippen LogP contribution in [0, 0.1) is 6.92 Å². The fourth-order valence-electron chi connectivity index (χ4n) is 3.27. The molecule has 3 rings (SSSR count). The number of nitrogens with zero attached hydrogens (tertiary/aromatic N) is 3. The van der Waals surface area contributed by atoms with Gasteiger partial charge in [-0.25, -0.2) is 23.1 Å². The minimum Gasteiger partial charge on any atom is -0.344 e. The number of hydrogen-bond acceptors (Lipinski definition) is 6. The summed E-state index contributed by atoms with van der Waals surface area (Å²) in [6.45, 7) is 8.50. The number of anilines is 1. The summed E-state index contributed by atoms with van der Waals surface area (Å²) in [6, 6.07) is 16.6. The molecule has 1 amide bonds. The maximum Gasteiger partial charge on any atom is 0.268 e. The number of sulfonamides is 1. The number of carbonyl (C=O) groups is 1. The summed E-state index contributed by atoms with van der Waals surface area (Å²) < 4.78 is 27.5. The Morgan fingerprint density at radius 1 is 1.03 bits per heavy atom. The van der Waals surface area contributed by atoms with E-state index in [2.05, 4.69) is 26.8 Å². The third-order valence-corrected chi connectivity index (χ3v) is 6.74. The van der Waals surface area contributed by atoms with Crippen molar-refractivity contribution in [3.63, 3.8) is 0 Å². The minimum atomic E-state index is -4.02. The van der Waals surface area contributed by atoms with Crippen molar-refractivity contribution in [3.8, 4) is 0 Å². The third-order valence-electron chi connectivity index (χ3n) is 5.39. The molecule has 0 radical (unpaired) electrons. The zero-order valence-electron chi connectivity index (χ0n) is 19.7. The van der Waals surface area contributed by atoms with Crippen molar-refractivity contribution in [2.45, 2.75) is 44.4 Å². The van der Waals surface area contributed by atoms with E-state index >= 15 is 0 Å². The van der Waals surface area contributed by atoms with E-state index in [4.69, 9.17) is 0 Å². The second kappa shape index (κ2) is 9.70. The van der Waals surface area contributed by atoms with Crippen molar-refractivity contribution >= 4 is 21.9 Å². The average molecular weight is 467 g/mol. The average Bonchev–Trinajstić information content (AvgIpc) is 2.77. The Labute approximate surface area is 196 Å². The Morgan fingerprint density at radius 3 is 2.24 bits per heavy atom. The van der Waals surface area contributed by atoms with Crippen molar-refractivity contribution in [2.75, 3.05) is 18.5 Å². The Bertz CT molecular complexity index is 1220. The van der Waals surface area contributed by atoms with Gasteiger partial charge >= 0.3 is 0 Å². The van der Waals surface area contributed by atoms with E-state index in [9.17, 15) is 13.2 Å². The largest absolute Gasteiger partial charge is 0.344 e. The van der Waals surface area contributed by atoms with Crippen LogP contribution in [0.25, 0.3) is 0 Å². The summed E-state index contributed by atoms with van der Waals surface area (Å²) in [5.41, 5.74) is 2.63. The van der Waals surface area contributed by atoms with Crippen LogP contribution in [0.3, 0.4) is 0 Å². The van der Waals surface area contributed by atoms with E-state index in [-0.39, 0.29) is 15.9 Å². The predicted octanol–water partition coefficient (Wildman–Crippen LogP) is 3.88. The smallest absolute Gasteiger partial charge is 0.268 e. The Kier molecular flexibility index (Phi) is 7.17. The lowest BCUT2D eigenvalue weighted by Crippen LogP contribution is -2.32. The molecule has 0 saturated carbocycles. The number of nitrogens with one attached hydrogen (secondary N) is 1. The maximum atomic E-state index is 12.7. The van der Waals surface area contributed by atoms with Gasteiger partial charge in [-0.15, -0.1) is 0 Å². The fourth-order valence-corrected chi connectivity index (χ4v) is 4.24. The summed E-state index contributed by atoms with van der Waals surface area (Å²) in [5, 5.41) is 0. The van der Waals surface area contributed by atoms with E-state index in [0.717, 1.165) is 12.0 Å². The molecule has 0 aliphatic rings. The van der Waals surface area contributed by atoms with Crippen molar-refractivity contribution in [1.82, 2.24) is 14.7 Å². The Hall–Kier alpha value is -3.26. The molecule has 0 spiro atoms. The molecule has 2 aromatic carbocycles. The Balaban J connectivity index is 1.69. The van der Waals surface area contributed by atoms with Crippen LogP contribution < -0.4 is 9.62 Å². The summed E-state index contributed by atoms with van der Waals surface area (Å²) in [4.78, 5) is 23.3. The van der Waals surface area contributed by atoms with Gasteiger partial charge in [0.1, 0.15) is 0 Å². The lowest BCUT2D eigenvalue weighted by Gasteiger charge is -2.19. The normalized spacial score (nSPS) is 11.8. The van der Waals surface area contributed by atoms with Gasteiger partial charge in [0.15, 0.2) is 0 Å². The fraction of sp³-hybridized carbons (Fsp3) is 0.320. The van der Waals surface area contributed by atoms with Gasteiger partial charge in [0.2, 0.25) is 5.95 Å². The molecule has 1 heterocycles. The van der Waals surface area contributed by atoms with Crippen molar-refractivity contribution < 1.29 is 13.2 Å². The molecule has 174 valence electrons. The monoisotopic (exact) mass is 466 g/mol. The van der Waals surface area contributed by atoms with E-state index in [1.807, 2.05) is 50.9 Å². The molecule has 0 bridgehead atoms. The summed E-state index contributed by atoms with van der Waals surface area (Å²) in [5.74, 6) is -0.286. The standard InChI is InChI=1S/C25H30N4O3S/c1-18-22(17-26-24(27-18)29(5)16-15-19-9-7-6-8-10-19)23(30)28-33(31,32)21-13-11-20(12-14-21)25(2,3)4/h6-14,17H,15-16H2,1-5H3,(H,28,30). The van der Waals surface area contributed by atoms with Crippen LogP contribution in [-0.2, 0) is 21.9 Å². The molecule has 8 heteroatoms. The van der Waals surface area contributed by atoms with Crippen LogP contribution in [0.2, 0.25) is 0 Å². The highest BCUT2D eigenvalue weighted by molar-refractivity contribution is 7.90. The van der Waals surface area contributed by atoms with Crippen LogP contribution in [0.15, 0.2) is 65.7 Å². The van der Waals surface area contributed by atoms with E-state index in [1.54, 1.807) is 19.1 Å². The number of amides is 1. The van der Waals surface area contributed by atoms with Crippen LogP contribution in [0.5, 0.6) is 0 Å². The second-order valence-electron chi connectivity index (χ2n) is 9.04. The molecule has 33 heavy (non-hydrogen) atoms. The van der Waals surface area contributed by atoms with Gasteiger partial charge in [-0.05, 0) is 42.0 Å². The first kappa shape index (κ1) is 24.4. The zero-order valence-corrected chi connectivity index (χ0v) is 20.5. The number of carbonyl (C=O) groups excluding carboxylic acids is 1. The molecule has 0 aliphatic carbocycles. The van der Waals surface area contributed by atoms with Crippen molar-refractivity contribution in [3.05, 3.63) is 83.2 Å². The highest BCUT2D eigenvalue weighted by atomic mass is 32.2. The molecule has 0 aliphatic heterocycles. The number of hydrogen-bond donors (Lipinski definition) is 1. The molecule has 3 aromatic rings. The molecule has 0 fully saturated rings. The van der Waals surface area contributed by atoms with Gasteiger partial charge in [0.25, 0.3) is 15.9 Å². The van der Waals surface area contributed by atoms with Gasteiger partial charge in [0.05, 0.1) is 16.2 Å². The minimum absolute atomic E-state index is 0.0275. The van der Waals surface area contributed by atoms with E-state index in [1.165, 1.54) is 23.9 Å². The lowest BCUT2D eigenvalue weighted by atomic mass is 9.87. The van der Waals surface area contributed by atoms with Crippen LogP contribution >= 0.6 is 0 Å². The van der Waals surface area contributed by atoms with Crippen molar-refractivity contribution in [1.29, 1.82) is 0 Å². The highest BCUT2D eigenvalue weighted by Crippen LogP contribution is 2.23. The van der Waals surface area contributed by atoms with Crippen LogP contribution in [-0.4, -0.2) is 37.9 Å². The third kappa shape index (κ3) is 6.16. The number of likely N-dealkylation sites (N-methyl/N-ethyl adjacent to an activating group) is 1. The molecular weight excluding hydrogens is 436 g/mol. The number of benzene rings is 2. The SMILES string of the molecule is Cc1nc(N(C)CCc2ccccc2)ncc1C(=O)NS(=O)(=O)c1ccc(C(C)(C)C)cc1. The van der Waals surface area contributed by atoms with Gasteiger partial charge in [0, 0.05) is 19.8 Å². The molecule has 0 saturated heterocycles. The van der Waals surface area contributed by atoms with E-state index in [0.29, 0.717) is 18.2 Å². The summed E-state index contributed by atoms with van der Waals surface area (Å²) in [7, 11) is -2.14.